The van der Waals surface area contributed by atoms with Gasteiger partial charge in [-0.05, 0) is 38.0 Å². The van der Waals surface area contributed by atoms with E-state index in [2.05, 4.69) is 21.2 Å². The molecular formula is C13H17BrN2O4S. The smallest absolute Gasteiger partial charge is 0.251 e. The first-order chi connectivity index (χ1) is 9.62. The summed E-state index contributed by atoms with van der Waals surface area (Å²) in [6.07, 6.45) is 0.716. The molecule has 1 aliphatic rings. The minimum absolute atomic E-state index is 0.0603. The van der Waals surface area contributed by atoms with Gasteiger partial charge in [0.05, 0.1) is 17.0 Å². The van der Waals surface area contributed by atoms with Gasteiger partial charge in [0.2, 0.25) is 10.0 Å². The summed E-state index contributed by atoms with van der Waals surface area (Å²) in [5, 5.41) is 8.06. The molecule has 0 bridgehead atoms. The summed E-state index contributed by atoms with van der Waals surface area (Å²) >= 11 is 3.26. The van der Waals surface area contributed by atoms with Gasteiger partial charge in [-0.2, -0.15) is 0 Å². The van der Waals surface area contributed by atoms with E-state index in [1.807, 2.05) is 6.92 Å². The maximum absolute atomic E-state index is 12.3. The number of rotatable bonds is 3. The van der Waals surface area contributed by atoms with Crippen LogP contribution in [-0.2, 0) is 14.8 Å². The lowest BCUT2D eigenvalue weighted by Gasteiger charge is -2.23. The van der Waals surface area contributed by atoms with Crippen molar-refractivity contribution in [3.63, 3.8) is 0 Å². The Bertz CT molecular complexity index is 682. The van der Waals surface area contributed by atoms with E-state index in [0.717, 1.165) is 0 Å². The molecule has 8 heteroatoms. The van der Waals surface area contributed by atoms with Crippen LogP contribution in [0.4, 0.5) is 0 Å². The molecule has 116 valence electrons. The molecule has 6 nitrogen and oxygen atoms in total. The lowest BCUT2D eigenvalue weighted by Crippen LogP contribution is -2.46. The number of carbonyl (C=O) groups excluding carboxylic acids is 1. The molecule has 21 heavy (non-hydrogen) atoms. The number of hydrogen-bond acceptors (Lipinski definition) is 4. The number of nitrogens with two attached hydrogens (primary N) is 1. The maximum atomic E-state index is 12.3. The summed E-state index contributed by atoms with van der Waals surface area (Å²) in [4.78, 5) is 12.3. The Morgan fingerprint density at radius 1 is 1.48 bits per heavy atom. The zero-order valence-corrected chi connectivity index (χ0v) is 14.2. The number of halogens is 1. The van der Waals surface area contributed by atoms with Crippen LogP contribution in [-0.4, -0.2) is 33.1 Å². The molecule has 1 aromatic rings. The van der Waals surface area contributed by atoms with Crippen LogP contribution in [0.2, 0.25) is 0 Å². The number of sulfonamides is 1. The lowest BCUT2D eigenvalue weighted by molar-refractivity contribution is 0.0889. The van der Waals surface area contributed by atoms with Gasteiger partial charge in [-0.15, -0.1) is 0 Å². The standard InChI is InChI=1S/C13H17BrN2O4S/c1-8-10(14)5-9(6-11(8)21(15,18)19)12(17)16-13(2)3-4-20-7-13/h5-6H,3-4,7H2,1-2H3,(H,16,17)(H2,15,18,19). The third-order valence-electron chi connectivity index (χ3n) is 3.50. The van der Waals surface area contributed by atoms with Crippen LogP contribution in [0.15, 0.2) is 21.5 Å². The van der Waals surface area contributed by atoms with Gasteiger partial charge in [0.15, 0.2) is 0 Å². The van der Waals surface area contributed by atoms with Crippen molar-refractivity contribution in [2.24, 2.45) is 5.14 Å². The van der Waals surface area contributed by atoms with Crippen molar-refractivity contribution in [2.75, 3.05) is 13.2 Å². The number of hydrogen-bond donors (Lipinski definition) is 2. The molecule has 1 heterocycles. The van der Waals surface area contributed by atoms with Gasteiger partial charge in [0.25, 0.3) is 5.91 Å². The second-order valence-corrected chi connectivity index (χ2v) is 7.83. The Morgan fingerprint density at radius 3 is 2.67 bits per heavy atom. The van der Waals surface area contributed by atoms with Gasteiger partial charge >= 0.3 is 0 Å². The highest BCUT2D eigenvalue weighted by Gasteiger charge is 2.32. The Morgan fingerprint density at radius 2 is 2.14 bits per heavy atom. The quantitative estimate of drug-likeness (QED) is 0.830. The summed E-state index contributed by atoms with van der Waals surface area (Å²) in [6.45, 7) is 4.55. The van der Waals surface area contributed by atoms with Gasteiger partial charge in [0.1, 0.15) is 0 Å². The maximum Gasteiger partial charge on any atom is 0.251 e. The van der Waals surface area contributed by atoms with Crippen molar-refractivity contribution in [2.45, 2.75) is 30.7 Å². The molecule has 1 amide bonds. The first kappa shape index (κ1) is 16.4. The second-order valence-electron chi connectivity index (χ2n) is 5.44. The summed E-state index contributed by atoms with van der Waals surface area (Å²) in [6, 6.07) is 2.88. The topological polar surface area (TPSA) is 98.5 Å². The van der Waals surface area contributed by atoms with E-state index < -0.39 is 15.6 Å². The fraction of sp³-hybridized carbons (Fsp3) is 0.462. The predicted molar refractivity (Wildman–Crippen MR) is 81.6 cm³/mol. The summed E-state index contributed by atoms with van der Waals surface area (Å²) < 4.78 is 29.0. The number of amides is 1. The molecule has 1 saturated heterocycles. The summed E-state index contributed by atoms with van der Waals surface area (Å²) in [7, 11) is -3.89. The monoisotopic (exact) mass is 376 g/mol. The second kappa shape index (κ2) is 5.68. The largest absolute Gasteiger partial charge is 0.379 e. The highest BCUT2D eigenvalue weighted by Crippen LogP contribution is 2.26. The van der Waals surface area contributed by atoms with Crippen molar-refractivity contribution >= 4 is 31.9 Å². The van der Waals surface area contributed by atoms with Crippen LogP contribution in [0, 0.1) is 6.92 Å². The van der Waals surface area contributed by atoms with E-state index in [1.165, 1.54) is 6.07 Å². The third kappa shape index (κ3) is 3.63. The predicted octanol–water partition coefficient (Wildman–Crippen LogP) is 1.31. The number of ether oxygens (including phenoxy) is 1. The van der Waals surface area contributed by atoms with Crippen LogP contribution < -0.4 is 10.5 Å². The van der Waals surface area contributed by atoms with Gasteiger partial charge in [-0.25, -0.2) is 13.6 Å². The van der Waals surface area contributed by atoms with Crippen molar-refractivity contribution < 1.29 is 17.9 Å². The first-order valence-corrected chi connectivity index (χ1v) is 8.69. The normalized spacial score (nSPS) is 22.3. The number of benzene rings is 1. The van der Waals surface area contributed by atoms with Crippen LogP contribution in [0.3, 0.4) is 0 Å². The number of nitrogens with one attached hydrogen (secondary N) is 1. The SMILES string of the molecule is Cc1c(Br)cc(C(=O)NC2(C)CCOC2)cc1S(N)(=O)=O. The average molecular weight is 377 g/mol. The van der Waals surface area contributed by atoms with Gasteiger partial charge in [0, 0.05) is 16.6 Å². The Balaban J connectivity index is 2.36. The Hall–Kier alpha value is -0.960. The molecular weight excluding hydrogens is 360 g/mol. The summed E-state index contributed by atoms with van der Waals surface area (Å²) in [5.41, 5.74) is 0.282. The van der Waals surface area contributed by atoms with Crippen LogP contribution >= 0.6 is 15.9 Å². The fourth-order valence-electron chi connectivity index (χ4n) is 2.19. The van der Waals surface area contributed by atoms with Crippen LogP contribution in [0.1, 0.15) is 29.3 Å². The van der Waals surface area contributed by atoms with Gasteiger partial charge < -0.3 is 10.1 Å². The van der Waals surface area contributed by atoms with E-state index in [0.29, 0.717) is 29.7 Å². The number of carbonyl (C=O) groups is 1. The molecule has 0 saturated carbocycles. The van der Waals surface area contributed by atoms with E-state index in [9.17, 15) is 13.2 Å². The van der Waals surface area contributed by atoms with Crippen molar-refractivity contribution in [1.82, 2.24) is 5.32 Å². The highest BCUT2D eigenvalue weighted by atomic mass is 79.9. The highest BCUT2D eigenvalue weighted by molar-refractivity contribution is 9.10. The lowest BCUT2D eigenvalue weighted by atomic mass is 10.0. The van der Waals surface area contributed by atoms with E-state index >= 15 is 0 Å². The molecule has 0 aliphatic carbocycles. The molecule has 0 aromatic heterocycles. The van der Waals surface area contributed by atoms with Gasteiger partial charge in [-0.1, -0.05) is 15.9 Å². The van der Waals surface area contributed by atoms with E-state index in [-0.39, 0.29) is 16.4 Å². The van der Waals surface area contributed by atoms with E-state index in [1.54, 1.807) is 13.0 Å². The summed E-state index contributed by atoms with van der Waals surface area (Å²) in [5.74, 6) is -0.353. The van der Waals surface area contributed by atoms with Crippen LogP contribution in [0.25, 0.3) is 0 Å². The molecule has 0 spiro atoms. The van der Waals surface area contributed by atoms with Crippen LogP contribution in [0.5, 0.6) is 0 Å². The molecule has 1 aliphatic heterocycles. The van der Waals surface area contributed by atoms with E-state index in [4.69, 9.17) is 9.88 Å². The van der Waals surface area contributed by atoms with Crippen molar-refractivity contribution in [3.05, 3.63) is 27.7 Å². The number of primary sulfonamides is 1. The Labute approximate surface area is 132 Å². The van der Waals surface area contributed by atoms with Crippen molar-refractivity contribution in [3.8, 4) is 0 Å². The minimum atomic E-state index is -3.89. The average Bonchev–Trinajstić information content (AvgIpc) is 2.77. The first-order valence-electron chi connectivity index (χ1n) is 6.36. The zero-order valence-electron chi connectivity index (χ0n) is 11.8. The molecule has 0 radical (unpaired) electrons. The molecule has 1 atom stereocenters. The molecule has 2 rings (SSSR count). The Kier molecular flexibility index (Phi) is 4.44. The fourth-order valence-corrected chi connectivity index (χ4v) is 3.61. The zero-order chi connectivity index (χ0) is 15.8. The minimum Gasteiger partial charge on any atom is -0.379 e. The third-order valence-corrected chi connectivity index (χ3v) is 5.36. The molecule has 1 aromatic carbocycles. The molecule has 3 N–H and O–H groups in total. The molecule has 1 unspecified atom stereocenters. The van der Waals surface area contributed by atoms with Gasteiger partial charge in [-0.3, -0.25) is 4.79 Å². The molecule has 1 fully saturated rings. The van der Waals surface area contributed by atoms with Crippen molar-refractivity contribution in [1.29, 1.82) is 0 Å².